The molecule has 0 aliphatic rings. The van der Waals surface area contributed by atoms with Gasteiger partial charge in [0.05, 0.1) is 0 Å². The van der Waals surface area contributed by atoms with E-state index in [1.165, 1.54) is 0 Å². The Balaban J connectivity index is 3.78. The molecule has 0 saturated carbocycles. The molecule has 0 spiro atoms. The zero-order valence-corrected chi connectivity index (χ0v) is 6.39. The fourth-order valence-corrected chi connectivity index (χ4v) is 0.878. The molecule has 0 aromatic carbocycles. The molecular formula is C8H12O2. The van der Waals surface area contributed by atoms with Gasteiger partial charge < -0.3 is 0 Å². The molecule has 0 aromatic heterocycles. The molecule has 2 unspecified atom stereocenters. The van der Waals surface area contributed by atoms with Gasteiger partial charge in [0, 0.05) is 12.3 Å². The van der Waals surface area contributed by atoms with Crippen LogP contribution in [-0.2, 0) is 9.59 Å². The van der Waals surface area contributed by atoms with Gasteiger partial charge in [0.2, 0.25) is 6.29 Å². The summed E-state index contributed by atoms with van der Waals surface area (Å²) >= 11 is 0. The lowest BCUT2D eigenvalue weighted by atomic mass is 9.90. The van der Waals surface area contributed by atoms with Crippen LogP contribution in [0, 0.1) is 11.8 Å². The first-order valence-electron chi connectivity index (χ1n) is 3.48. The van der Waals surface area contributed by atoms with E-state index in [1.54, 1.807) is 13.2 Å². The third kappa shape index (κ3) is 2.76. The molecule has 0 N–H and O–H groups in total. The topological polar surface area (TPSA) is 34.1 Å². The summed E-state index contributed by atoms with van der Waals surface area (Å²) in [6.07, 6.45) is 4.87. The van der Waals surface area contributed by atoms with Crippen molar-refractivity contribution >= 4 is 12.6 Å². The van der Waals surface area contributed by atoms with Gasteiger partial charge in [0.15, 0.2) is 6.29 Å². The smallest absolute Gasteiger partial charge is 0.201 e. The van der Waals surface area contributed by atoms with Crippen molar-refractivity contribution in [3.05, 3.63) is 0 Å². The van der Waals surface area contributed by atoms with Crippen molar-refractivity contribution in [3.63, 3.8) is 0 Å². The minimum Gasteiger partial charge on any atom is -0.291 e. The van der Waals surface area contributed by atoms with Gasteiger partial charge in [-0.25, -0.2) is 0 Å². The van der Waals surface area contributed by atoms with Crippen LogP contribution in [0.3, 0.4) is 0 Å². The first-order valence-corrected chi connectivity index (χ1v) is 3.48. The zero-order chi connectivity index (χ0) is 7.98. The van der Waals surface area contributed by atoms with Crippen LogP contribution in [0.25, 0.3) is 0 Å². The third-order valence-electron chi connectivity index (χ3n) is 1.76. The summed E-state index contributed by atoms with van der Waals surface area (Å²) in [6, 6.07) is 0. The Morgan fingerprint density at radius 1 is 1.40 bits per heavy atom. The molecule has 0 heterocycles. The molecule has 2 radical (unpaired) electrons. The Labute approximate surface area is 61.6 Å². The second kappa shape index (κ2) is 5.15. The van der Waals surface area contributed by atoms with Crippen LogP contribution in [0.15, 0.2) is 0 Å². The molecule has 56 valence electrons. The zero-order valence-electron chi connectivity index (χ0n) is 6.39. The Bertz CT molecular complexity index is 110. The van der Waals surface area contributed by atoms with Crippen molar-refractivity contribution in [2.75, 3.05) is 0 Å². The fraction of sp³-hybridized carbons (Fsp3) is 0.750. The number of carbonyl (C=O) groups excluding carboxylic acids is 2. The molecule has 0 aliphatic heterocycles. The van der Waals surface area contributed by atoms with Crippen molar-refractivity contribution < 1.29 is 9.59 Å². The molecule has 0 aromatic rings. The number of hydrogen-bond donors (Lipinski definition) is 0. The minimum atomic E-state index is -0.133. The third-order valence-corrected chi connectivity index (χ3v) is 1.76. The molecule has 10 heavy (non-hydrogen) atoms. The fourth-order valence-electron chi connectivity index (χ4n) is 0.878. The normalized spacial score (nSPS) is 15.8. The summed E-state index contributed by atoms with van der Waals surface area (Å²) in [5.74, 6) is 0.00134. The summed E-state index contributed by atoms with van der Waals surface area (Å²) in [6.45, 7) is 3.73. The van der Waals surface area contributed by atoms with Crippen LogP contribution < -0.4 is 0 Å². The maximum Gasteiger partial charge on any atom is 0.201 e. The van der Waals surface area contributed by atoms with E-state index >= 15 is 0 Å². The van der Waals surface area contributed by atoms with Gasteiger partial charge in [-0.1, -0.05) is 20.3 Å². The van der Waals surface area contributed by atoms with Crippen molar-refractivity contribution in [3.8, 4) is 0 Å². The quantitative estimate of drug-likeness (QED) is 0.576. The number of hydrogen-bond acceptors (Lipinski definition) is 2. The first kappa shape index (κ1) is 9.34. The van der Waals surface area contributed by atoms with Gasteiger partial charge in [0.25, 0.3) is 0 Å². The highest BCUT2D eigenvalue weighted by atomic mass is 16.1. The van der Waals surface area contributed by atoms with Gasteiger partial charge in [-0.3, -0.25) is 9.59 Å². The van der Waals surface area contributed by atoms with Crippen LogP contribution in [0.1, 0.15) is 26.7 Å². The highest BCUT2D eigenvalue weighted by Crippen LogP contribution is 2.15. The highest BCUT2D eigenvalue weighted by Gasteiger charge is 2.14. The molecule has 2 atom stereocenters. The predicted octanol–water partition coefficient (Wildman–Crippen LogP) is 1.26. The highest BCUT2D eigenvalue weighted by molar-refractivity contribution is 5.57. The van der Waals surface area contributed by atoms with E-state index < -0.39 is 0 Å². The molecular weight excluding hydrogens is 128 g/mol. The standard InChI is InChI=1S/C8H12O2/c1-3-8(4-5-9)7(2)6-10/h7-8H,3-4H2,1-2H3. The van der Waals surface area contributed by atoms with Gasteiger partial charge >= 0.3 is 0 Å². The van der Waals surface area contributed by atoms with Crippen molar-refractivity contribution in [1.82, 2.24) is 0 Å². The minimum absolute atomic E-state index is 0.133. The van der Waals surface area contributed by atoms with E-state index in [0.717, 1.165) is 6.42 Å². The molecule has 0 fully saturated rings. The molecule has 0 saturated heterocycles. The van der Waals surface area contributed by atoms with Crippen LogP contribution in [0.2, 0.25) is 0 Å². The van der Waals surface area contributed by atoms with Gasteiger partial charge in [-0.05, 0) is 5.92 Å². The second-order valence-electron chi connectivity index (χ2n) is 2.42. The van der Waals surface area contributed by atoms with Gasteiger partial charge in [-0.2, -0.15) is 0 Å². The van der Waals surface area contributed by atoms with E-state index in [2.05, 4.69) is 0 Å². The molecule has 0 rings (SSSR count). The van der Waals surface area contributed by atoms with E-state index in [4.69, 9.17) is 0 Å². The van der Waals surface area contributed by atoms with Crippen molar-refractivity contribution in [2.45, 2.75) is 26.7 Å². The Hall–Kier alpha value is -0.660. The summed E-state index contributed by atoms with van der Waals surface area (Å²) in [7, 11) is 0. The lowest BCUT2D eigenvalue weighted by molar-refractivity contribution is 0.407. The lowest BCUT2D eigenvalue weighted by Gasteiger charge is -2.12. The summed E-state index contributed by atoms with van der Waals surface area (Å²) in [4.78, 5) is 20.1. The maximum atomic E-state index is 10.1. The maximum absolute atomic E-state index is 10.1. The average Bonchev–Trinajstić information content (AvgIpc) is 1.99. The van der Waals surface area contributed by atoms with Crippen LogP contribution in [0.4, 0.5) is 0 Å². The SMILES string of the molecule is CCC(C[C]=O)C(C)[C]=O. The van der Waals surface area contributed by atoms with Crippen molar-refractivity contribution in [2.24, 2.45) is 11.8 Å². The summed E-state index contributed by atoms with van der Waals surface area (Å²) in [5.41, 5.74) is 0. The van der Waals surface area contributed by atoms with Crippen LogP contribution in [-0.4, -0.2) is 12.6 Å². The largest absolute Gasteiger partial charge is 0.291 e. The Kier molecular flexibility index (Phi) is 4.81. The summed E-state index contributed by atoms with van der Waals surface area (Å²) < 4.78 is 0. The van der Waals surface area contributed by atoms with E-state index in [1.807, 2.05) is 13.2 Å². The summed E-state index contributed by atoms with van der Waals surface area (Å²) in [5, 5.41) is 0. The second-order valence-corrected chi connectivity index (χ2v) is 2.42. The van der Waals surface area contributed by atoms with Crippen molar-refractivity contribution in [1.29, 1.82) is 0 Å². The molecule has 0 amide bonds. The van der Waals surface area contributed by atoms with Gasteiger partial charge in [-0.15, -0.1) is 0 Å². The first-order chi connectivity index (χ1) is 4.76. The Morgan fingerprint density at radius 3 is 2.30 bits per heavy atom. The lowest BCUT2D eigenvalue weighted by Crippen LogP contribution is -2.12. The molecule has 2 heteroatoms. The monoisotopic (exact) mass is 140 g/mol. The van der Waals surface area contributed by atoms with E-state index in [9.17, 15) is 9.59 Å². The van der Waals surface area contributed by atoms with E-state index in [0.29, 0.717) is 6.42 Å². The molecule has 0 aliphatic carbocycles. The Morgan fingerprint density at radius 2 is 2.00 bits per heavy atom. The molecule has 0 bridgehead atoms. The molecule has 2 nitrogen and oxygen atoms in total. The average molecular weight is 140 g/mol. The predicted molar refractivity (Wildman–Crippen MR) is 38.9 cm³/mol. The van der Waals surface area contributed by atoms with E-state index in [-0.39, 0.29) is 11.8 Å². The van der Waals surface area contributed by atoms with Crippen LogP contribution >= 0.6 is 0 Å². The van der Waals surface area contributed by atoms with Crippen LogP contribution in [0.5, 0.6) is 0 Å². The number of rotatable bonds is 5. The van der Waals surface area contributed by atoms with Gasteiger partial charge in [0.1, 0.15) is 0 Å².